The van der Waals surface area contributed by atoms with Crippen molar-refractivity contribution < 1.29 is 5.11 Å². The number of rotatable bonds is 7. The van der Waals surface area contributed by atoms with Crippen LogP contribution < -0.4 is 5.32 Å². The topological polar surface area (TPSA) is 32.3 Å². The molecule has 2 saturated carbocycles. The average molecular weight is 300 g/mol. The van der Waals surface area contributed by atoms with E-state index in [0.717, 1.165) is 16.9 Å². The van der Waals surface area contributed by atoms with Crippen LogP contribution in [0.25, 0.3) is 0 Å². The summed E-state index contributed by atoms with van der Waals surface area (Å²) in [6.07, 6.45) is 14.9. The Morgan fingerprint density at radius 2 is 1.60 bits per heavy atom. The van der Waals surface area contributed by atoms with Gasteiger partial charge in [-0.3, -0.25) is 0 Å². The number of nitrogens with one attached hydrogen (secondary N) is 1. The fraction of sp³-hybridized carbons (Fsp3) is 1.00. The molecule has 3 heteroatoms. The maximum absolute atomic E-state index is 10.5. The van der Waals surface area contributed by atoms with Crippen LogP contribution in [0.1, 0.15) is 70.6 Å². The molecule has 2 rings (SSSR count). The zero-order valence-corrected chi connectivity index (χ0v) is 14.0. The SMILES string of the molecule is CNC(CC1CCCCC1)C(O)CSC1CCCCC1. The summed E-state index contributed by atoms with van der Waals surface area (Å²) in [5.74, 6) is 1.76. The lowest BCUT2D eigenvalue weighted by Crippen LogP contribution is -2.41. The van der Waals surface area contributed by atoms with E-state index >= 15 is 0 Å². The van der Waals surface area contributed by atoms with E-state index in [9.17, 15) is 5.11 Å². The molecule has 20 heavy (non-hydrogen) atoms. The Labute approximate surface area is 129 Å². The summed E-state index contributed by atoms with van der Waals surface area (Å²) in [4.78, 5) is 0. The third-order valence-electron chi connectivity index (χ3n) is 5.20. The van der Waals surface area contributed by atoms with Crippen LogP contribution in [0.15, 0.2) is 0 Å². The molecule has 2 aliphatic rings. The van der Waals surface area contributed by atoms with Gasteiger partial charge in [0, 0.05) is 17.0 Å². The monoisotopic (exact) mass is 299 g/mol. The molecule has 2 atom stereocenters. The molecule has 2 unspecified atom stereocenters. The Bertz CT molecular complexity index is 249. The number of aliphatic hydroxyl groups excluding tert-OH is 1. The van der Waals surface area contributed by atoms with Gasteiger partial charge in [0.15, 0.2) is 0 Å². The number of likely N-dealkylation sites (N-methyl/N-ethyl adjacent to an activating group) is 1. The van der Waals surface area contributed by atoms with Crippen LogP contribution in [0, 0.1) is 5.92 Å². The standard InChI is InChI=1S/C17H33NOS/c1-18-16(12-14-8-4-2-5-9-14)17(19)13-20-15-10-6-3-7-11-15/h14-19H,2-13H2,1H3. The van der Waals surface area contributed by atoms with E-state index < -0.39 is 0 Å². The van der Waals surface area contributed by atoms with Gasteiger partial charge in [0.25, 0.3) is 0 Å². The average Bonchev–Trinajstić information content (AvgIpc) is 2.52. The summed E-state index contributed by atoms with van der Waals surface area (Å²) in [6.45, 7) is 0. The molecule has 0 aromatic carbocycles. The van der Waals surface area contributed by atoms with Crippen molar-refractivity contribution in [3.05, 3.63) is 0 Å². The van der Waals surface area contributed by atoms with Crippen molar-refractivity contribution in [1.82, 2.24) is 5.32 Å². The maximum Gasteiger partial charge on any atom is 0.0783 e. The fourth-order valence-electron chi connectivity index (χ4n) is 3.83. The van der Waals surface area contributed by atoms with Crippen molar-refractivity contribution in [1.29, 1.82) is 0 Å². The van der Waals surface area contributed by atoms with Gasteiger partial charge < -0.3 is 10.4 Å². The highest BCUT2D eigenvalue weighted by molar-refractivity contribution is 7.99. The van der Waals surface area contributed by atoms with Crippen molar-refractivity contribution in [2.75, 3.05) is 12.8 Å². The number of aliphatic hydroxyl groups is 1. The number of thioether (sulfide) groups is 1. The molecule has 2 aliphatic carbocycles. The van der Waals surface area contributed by atoms with Crippen LogP contribution >= 0.6 is 11.8 Å². The molecule has 0 aliphatic heterocycles. The van der Waals surface area contributed by atoms with Gasteiger partial charge in [-0.05, 0) is 32.2 Å². The number of hydrogen-bond acceptors (Lipinski definition) is 3. The lowest BCUT2D eigenvalue weighted by Gasteiger charge is -2.30. The van der Waals surface area contributed by atoms with Crippen LogP contribution in [-0.2, 0) is 0 Å². The van der Waals surface area contributed by atoms with E-state index in [2.05, 4.69) is 5.32 Å². The summed E-state index contributed by atoms with van der Waals surface area (Å²) >= 11 is 2.02. The Balaban J connectivity index is 1.68. The first kappa shape index (κ1) is 16.6. The molecule has 2 N–H and O–H groups in total. The van der Waals surface area contributed by atoms with E-state index in [1.807, 2.05) is 18.8 Å². The molecule has 0 radical (unpaired) electrons. The molecule has 118 valence electrons. The van der Waals surface area contributed by atoms with E-state index in [0.29, 0.717) is 6.04 Å². The third kappa shape index (κ3) is 5.57. The second-order valence-corrected chi connectivity index (χ2v) is 8.13. The highest BCUT2D eigenvalue weighted by Crippen LogP contribution is 2.31. The molecule has 0 bridgehead atoms. The maximum atomic E-state index is 10.5. The zero-order valence-electron chi connectivity index (χ0n) is 13.2. The van der Waals surface area contributed by atoms with Gasteiger partial charge in [-0.25, -0.2) is 0 Å². The minimum absolute atomic E-state index is 0.172. The first-order chi connectivity index (χ1) is 9.79. The number of hydrogen-bond donors (Lipinski definition) is 2. The Morgan fingerprint density at radius 3 is 2.20 bits per heavy atom. The predicted octanol–water partition coefficient (Wildman–Crippen LogP) is 3.97. The van der Waals surface area contributed by atoms with Gasteiger partial charge in [0.1, 0.15) is 0 Å². The van der Waals surface area contributed by atoms with Gasteiger partial charge >= 0.3 is 0 Å². The van der Waals surface area contributed by atoms with Crippen LogP contribution in [0.5, 0.6) is 0 Å². The summed E-state index contributed by atoms with van der Waals surface area (Å²) < 4.78 is 0. The lowest BCUT2D eigenvalue weighted by atomic mass is 9.84. The third-order valence-corrected chi connectivity index (χ3v) is 6.68. The first-order valence-electron chi connectivity index (χ1n) is 8.76. The Kier molecular flexibility index (Phi) is 7.75. The minimum Gasteiger partial charge on any atom is -0.391 e. The smallest absolute Gasteiger partial charge is 0.0783 e. The first-order valence-corrected chi connectivity index (χ1v) is 9.81. The summed E-state index contributed by atoms with van der Waals surface area (Å²) in [7, 11) is 2.02. The molecule has 2 fully saturated rings. The zero-order chi connectivity index (χ0) is 14.2. The van der Waals surface area contributed by atoms with Gasteiger partial charge in [0.2, 0.25) is 0 Å². The molecule has 0 saturated heterocycles. The highest BCUT2D eigenvalue weighted by Gasteiger charge is 2.24. The highest BCUT2D eigenvalue weighted by atomic mass is 32.2. The van der Waals surface area contributed by atoms with Crippen molar-refractivity contribution >= 4 is 11.8 Å². The van der Waals surface area contributed by atoms with Crippen LogP contribution in [0.3, 0.4) is 0 Å². The predicted molar refractivity (Wildman–Crippen MR) is 89.4 cm³/mol. The summed E-state index contributed by atoms with van der Waals surface area (Å²) in [5.41, 5.74) is 0. The van der Waals surface area contributed by atoms with Gasteiger partial charge in [-0.2, -0.15) is 11.8 Å². The van der Waals surface area contributed by atoms with Gasteiger partial charge in [0.05, 0.1) is 6.10 Å². The van der Waals surface area contributed by atoms with E-state index in [1.54, 1.807) is 0 Å². The molecular weight excluding hydrogens is 266 g/mol. The molecule has 0 aromatic heterocycles. The van der Waals surface area contributed by atoms with Crippen LogP contribution in [-0.4, -0.2) is 35.3 Å². The second kappa shape index (κ2) is 9.32. The van der Waals surface area contributed by atoms with Crippen molar-refractivity contribution in [3.8, 4) is 0 Å². The van der Waals surface area contributed by atoms with Crippen molar-refractivity contribution in [2.24, 2.45) is 5.92 Å². The Morgan fingerprint density at radius 1 is 1.00 bits per heavy atom. The Hall–Kier alpha value is 0.270. The molecule has 0 aromatic rings. The minimum atomic E-state index is -0.172. The molecule has 0 spiro atoms. The van der Waals surface area contributed by atoms with Crippen molar-refractivity contribution in [2.45, 2.75) is 88.0 Å². The molecule has 0 heterocycles. The summed E-state index contributed by atoms with van der Waals surface area (Å²) in [6, 6.07) is 0.300. The van der Waals surface area contributed by atoms with E-state index in [1.165, 1.54) is 70.6 Å². The molecular formula is C17H33NOS. The van der Waals surface area contributed by atoms with Crippen molar-refractivity contribution in [3.63, 3.8) is 0 Å². The largest absolute Gasteiger partial charge is 0.391 e. The van der Waals surface area contributed by atoms with Crippen LogP contribution in [0.2, 0.25) is 0 Å². The fourth-order valence-corrected chi connectivity index (χ4v) is 5.20. The van der Waals surface area contributed by atoms with Crippen LogP contribution in [0.4, 0.5) is 0 Å². The second-order valence-electron chi connectivity index (χ2n) is 6.80. The lowest BCUT2D eigenvalue weighted by molar-refractivity contribution is 0.132. The quantitative estimate of drug-likeness (QED) is 0.746. The van der Waals surface area contributed by atoms with Gasteiger partial charge in [-0.15, -0.1) is 0 Å². The molecule has 0 amide bonds. The normalized spacial score (nSPS) is 25.5. The van der Waals surface area contributed by atoms with Gasteiger partial charge in [-0.1, -0.05) is 51.4 Å². The summed E-state index contributed by atoms with van der Waals surface area (Å²) in [5, 5.41) is 14.7. The van der Waals surface area contributed by atoms with E-state index in [4.69, 9.17) is 0 Å². The van der Waals surface area contributed by atoms with E-state index in [-0.39, 0.29) is 6.10 Å². The molecule has 2 nitrogen and oxygen atoms in total.